The monoisotopic (exact) mass is 503 g/mol. The van der Waals surface area contributed by atoms with Crippen LogP contribution in [0.15, 0.2) is 0 Å². The molecule has 0 rings (SSSR count). The van der Waals surface area contributed by atoms with Crippen LogP contribution >= 0.6 is 11.8 Å². The maximum Gasteiger partial charge on any atom is 0.326 e. The van der Waals surface area contributed by atoms with Crippen LogP contribution in [0.5, 0.6) is 0 Å². The zero-order valence-corrected chi connectivity index (χ0v) is 21.6. The van der Waals surface area contributed by atoms with E-state index < -0.39 is 53.8 Å². The predicted octanol–water partition coefficient (Wildman–Crippen LogP) is -0.0365. The molecular formula is C22H41N5O6S. The molecule has 0 heterocycles. The van der Waals surface area contributed by atoms with Crippen molar-refractivity contribution in [2.45, 2.75) is 84.0 Å². The maximum absolute atomic E-state index is 13.1. The summed E-state index contributed by atoms with van der Waals surface area (Å²) in [6.45, 7) is 7.33. The number of carbonyl (C=O) groups excluding carboxylic acids is 4. The highest BCUT2D eigenvalue weighted by atomic mass is 32.2. The normalized spacial score (nSPS) is 15.5. The Kier molecular flexibility index (Phi) is 15.2. The number of nitrogens with two attached hydrogens (primary N) is 2. The molecule has 0 aromatic heterocycles. The quantitative estimate of drug-likeness (QED) is 0.159. The minimum Gasteiger partial charge on any atom is -0.480 e. The van der Waals surface area contributed by atoms with Crippen LogP contribution < -0.4 is 27.4 Å². The number of primary amides is 1. The first-order chi connectivity index (χ1) is 15.8. The molecule has 4 amide bonds. The molecule has 12 heteroatoms. The molecule has 0 aromatic carbocycles. The Morgan fingerprint density at radius 2 is 1.50 bits per heavy atom. The van der Waals surface area contributed by atoms with E-state index in [0.29, 0.717) is 18.6 Å². The number of hydrogen-bond donors (Lipinski definition) is 6. The van der Waals surface area contributed by atoms with Crippen LogP contribution in [0.4, 0.5) is 0 Å². The average molecular weight is 504 g/mol. The standard InChI is InChI=1S/C22H41N5O6S/c1-6-13(4)18(21(31)26-16(22(32)33)11-12(2)3)27-20(30)15(9-10-34-5)25-19(29)14(23)7-8-17(24)28/h12-16,18H,6-11,23H2,1-5H3,(H2,24,28)(H,25,29)(H,26,31)(H,27,30)(H,32,33). The number of rotatable bonds is 17. The molecule has 0 aliphatic rings. The molecule has 8 N–H and O–H groups in total. The Balaban J connectivity index is 5.48. The Bertz CT molecular complexity index is 705. The summed E-state index contributed by atoms with van der Waals surface area (Å²) < 4.78 is 0. The van der Waals surface area contributed by atoms with Crippen molar-refractivity contribution >= 4 is 41.4 Å². The van der Waals surface area contributed by atoms with E-state index in [1.165, 1.54) is 11.8 Å². The Morgan fingerprint density at radius 1 is 0.912 bits per heavy atom. The van der Waals surface area contributed by atoms with Crippen LogP contribution in [-0.4, -0.2) is 70.9 Å². The number of nitrogens with one attached hydrogen (secondary N) is 3. The first-order valence-corrected chi connectivity index (χ1v) is 12.9. The molecule has 196 valence electrons. The van der Waals surface area contributed by atoms with Gasteiger partial charge in [0, 0.05) is 6.42 Å². The molecule has 5 unspecified atom stereocenters. The lowest BCUT2D eigenvalue weighted by atomic mass is 9.96. The van der Waals surface area contributed by atoms with E-state index in [1.54, 1.807) is 6.92 Å². The second kappa shape index (κ2) is 16.3. The molecule has 0 aromatic rings. The summed E-state index contributed by atoms with van der Waals surface area (Å²) in [6, 6.07) is -4.03. The average Bonchev–Trinajstić information content (AvgIpc) is 2.76. The van der Waals surface area contributed by atoms with Crippen LogP contribution in [0.1, 0.15) is 59.8 Å². The van der Waals surface area contributed by atoms with Gasteiger partial charge >= 0.3 is 5.97 Å². The molecular weight excluding hydrogens is 462 g/mol. The summed E-state index contributed by atoms with van der Waals surface area (Å²) in [5.74, 6) is -3.18. The van der Waals surface area contributed by atoms with Gasteiger partial charge in [-0.25, -0.2) is 4.79 Å². The van der Waals surface area contributed by atoms with E-state index in [2.05, 4.69) is 16.0 Å². The lowest BCUT2D eigenvalue weighted by Crippen LogP contribution is -2.58. The molecule has 11 nitrogen and oxygen atoms in total. The number of hydrogen-bond acceptors (Lipinski definition) is 7. The number of carboxylic acids is 1. The van der Waals surface area contributed by atoms with Gasteiger partial charge in [0.05, 0.1) is 6.04 Å². The van der Waals surface area contributed by atoms with E-state index in [1.807, 2.05) is 27.0 Å². The van der Waals surface area contributed by atoms with E-state index >= 15 is 0 Å². The molecule has 0 bridgehead atoms. The fourth-order valence-corrected chi connectivity index (χ4v) is 3.59. The molecule has 0 saturated carbocycles. The third-order valence-corrected chi connectivity index (χ3v) is 6.04. The van der Waals surface area contributed by atoms with E-state index in [-0.39, 0.29) is 31.1 Å². The molecule has 0 aliphatic heterocycles. The lowest BCUT2D eigenvalue weighted by molar-refractivity contribution is -0.143. The summed E-state index contributed by atoms with van der Waals surface area (Å²) in [4.78, 5) is 61.0. The van der Waals surface area contributed by atoms with Crippen molar-refractivity contribution in [2.24, 2.45) is 23.3 Å². The van der Waals surface area contributed by atoms with Crippen LogP contribution in [0.2, 0.25) is 0 Å². The van der Waals surface area contributed by atoms with E-state index in [4.69, 9.17) is 11.5 Å². The Hall–Kier alpha value is -2.34. The van der Waals surface area contributed by atoms with Gasteiger partial charge in [0.1, 0.15) is 18.1 Å². The summed E-state index contributed by atoms with van der Waals surface area (Å²) in [6.07, 6.45) is 2.93. The van der Waals surface area contributed by atoms with Crippen molar-refractivity contribution in [3.8, 4) is 0 Å². The van der Waals surface area contributed by atoms with Crippen molar-refractivity contribution in [3.05, 3.63) is 0 Å². The summed E-state index contributed by atoms with van der Waals surface area (Å²) >= 11 is 1.48. The first-order valence-electron chi connectivity index (χ1n) is 11.5. The Morgan fingerprint density at radius 3 is 1.97 bits per heavy atom. The predicted molar refractivity (Wildman–Crippen MR) is 132 cm³/mol. The zero-order chi connectivity index (χ0) is 26.4. The van der Waals surface area contributed by atoms with Gasteiger partial charge in [0.2, 0.25) is 23.6 Å². The van der Waals surface area contributed by atoms with Gasteiger partial charge in [-0.05, 0) is 43.1 Å². The van der Waals surface area contributed by atoms with Crippen molar-refractivity contribution in [2.75, 3.05) is 12.0 Å². The second-order valence-electron chi connectivity index (χ2n) is 8.85. The van der Waals surface area contributed by atoms with Gasteiger partial charge in [0.15, 0.2) is 0 Å². The molecule has 0 saturated heterocycles. The topological polar surface area (TPSA) is 194 Å². The lowest BCUT2D eigenvalue weighted by Gasteiger charge is -2.28. The maximum atomic E-state index is 13.1. The van der Waals surface area contributed by atoms with Gasteiger partial charge in [-0.1, -0.05) is 34.1 Å². The highest BCUT2D eigenvalue weighted by molar-refractivity contribution is 7.98. The molecule has 0 radical (unpaired) electrons. The van der Waals surface area contributed by atoms with Crippen LogP contribution in [0, 0.1) is 11.8 Å². The van der Waals surface area contributed by atoms with Gasteiger partial charge < -0.3 is 32.5 Å². The largest absolute Gasteiger partial charge is 0.480 e. The number of thioether (sulfide) groups is 1. The van der Waals surface area contributed by atoms with Crippen LogP contribution in [-0.2, 0) is 24.0 Å². The van der Waals surface area contributed by atoms with Crippen LogP contribution in [0.25, 0.3) is 0 Å². The summed E-state index contributed by atoms with van der Waals surface area (Å²) in [5.41, 5.74) is 10.9. The number of aliphatic carboxylic acids is 1. The number of amides is 4. The zero-order valence-electron chi connectivity index (χ0n) is 20.8. The second-order valence-corrected chi connectivity index (χ2v) is 9.84. The number of carboxylic acid groups (broad SMARTS) is 1. The van der Waals surface area contributed by atoms with E-state index in [9.17, 15) is 29.1 Å². The van der Waals surface area contributed by atoms with Gasteiger partial charge in [-0.3, -0.25) is 19.2 Å². The SMILES string of the molecule is CCC(C)C(NC(=O)C(CCSC)NC(=O)C(N)CCC(N)=O)C(=O)NC(CC(C)C)C(=O)O. The Labute approximate surface area is 205 Å². The van der Waals surface area contributed by atoms with Crippen LogP contribution in [0.3, 0.4) is 0 Å². The van der Waals surface area contributed by atoms with Crippen molar-refractivity contribution in [1.29, 1.82) is 0 Å². The smallest absolute Gasteiger partial charge is 0.326 e. The third-order valence-electron chi connectivity index (χ3n) is 5.40. The highest BCUT2D eigenvalue weighted by Crippen LogP contribution is 2.12. The van der Waals surface area contributed by atoms with Gasteiger partial charge in [0.25, 0.3) is 0 Å². The summed E-state index contributed by atoms with van der Waals surface area (Å²) in [5, 5.41) is 17.3. The van der Waals surface area contributed by atoms with Crippen molar-refractivity contribution in [1.82, 2.24) is 16.0 Å². The first kappa shape index (κ1) is 31.7. The van der Waals surface area contributed by atoms with E-state index in [0.717, 1.165) is 0 Å². The van der Waals surface area contributed by atoms with Crippen molar-refractivity contribution in [3.63, 3.8) is 0 Å². The molecule has 0 aliphatic carbocycles. The third kappa shape index (κ3) is 12.2. The molecule has 0 spiro atoms. The fraction of sp³-hybridized carbons (Fsp3) is 0.773. The number of carbonyl (C=O) groups is 5. The highest BCUT2D eigenvalue weighted by Gasteiger charge is 2.32. The molecule has 34 heavy (non-hydrogen) atoms. The van der Waals surface area contributed by atoms with Crippen molar-refractivity contribution < 1.29 is 29.1 Å². The minimum absolute atomic E-state index is 0.0440. The summed E-state index contributed by atoms with van der Waals surface area (Å²) in [7, 11) is 0. The van der Waals surface area contributed by atoms with Gasteiger partial charge in [-0.15, -0.1) is 0 Å². The minimum atomic E-state index is -1.15. The fourth-order valence-electron chi connectivity index (χ4n) is 3.12. The molecule has 0 fully saturated rings. The molecule has 5 atom stereocenters. The van der Waals surface area contributed by atoms with Gasteiger partial charge in [-0.2, -0.15) is 11.8 Å².